The summed E-state index contributed by atoms with van der Waals surface area (Å²) in [6, 6.07) is 0.469. The molecule has 0 aromatic heterocycles. The fraction of sp³-hybridized carbons (Fsp3) is 0.727. The predicted molar refractivity (Wildman–Crippen MR) is 55.7 cm³/mol. The van der Waals surface area contributed by atoms with Crippen LogP contribution in [0, 0.1) is 0 Å². The third-order valence-electron chi connectivity index (χ3n) is 3.25. The lowest BCUT2D eigenvalue weighted by molar-refractivity contribution is -0.127. The van der Waals surface area contributed by atoms with Crippen LogP contribution in [0.4, 0.5) is 0 Å². The van der Waals surface area contributed by atoms with Gasteiger partial charge in [-0.05, 0) is 25.3 Å². The van der Waals surface area contributed by atoms with E-state index in [0.29, 0.717) is 0 Å². The summed E-state index contributed by atoms with van der Waals surface area (Å²) in [4.78, 5) is 13.6. The van der Waals surface area contributed by atoms with Crippen LogP contribution in [0.25, 0.3) is 0 Å². The summed E-state index contributed by atoms with van der Waals surface area (Å²) in [5, 5.41) is 0. The largest absolute Gasteiger partial charge is 0.331 e. The number of hydrogen-bond donors (Lipinski definition) is 1. The van der Waals surface area contributed by atoms with Crippen molar-refractivity contribution in [1.82, 2.24) is 4.90 Å². The minimum Gasteiger partial charge on any atom is -0.331 e. The van der Waals surface area contributed by atoms with E-state index < -0.39 is 0 Å². The van der Waals surface area contributed by atoms with E-state index in [-0.39, 0.29) is 18.0 Å². The van der Waals surface area contributed by atoms with E-state index in [2.05, 4.69) is 0 Å². The summed E-state index contributed by atoms with van der Waals surface area (Å²) in [5.74, 6) is 0.157. The van der Waals surface area contributed by atoms with Crippen molar-refractivity contribution in [1.29, 1.82) is 0 Å². The lowest BCUT2D eigenvalue weighted by atomic mass is 9.90. The van der Waals surface area contributed by atoms with E-state index in [1.54, 1.807) is 6.08 Å². The van der Waals surface area contributed by atoms with Gasteiger partial charge in [-0.1, -0.05) is 12.8 Å². The Hall–Kier alpha value is -0.830. The van der Waals surface area contributed by atoms with Gasteiger partial charge in [-0.3, -0.25) is 4.79 Å². The first kappa shape index (κ1) is 9.71. The number of carbonyl (C=O) groups excluding carboxylic acids is 1. The molecule has 3 heteroatoms. The second-order valence-corrected chi connectivity index (χ2v) is 4.47. The van der Waals surface area contributed by atoms with Crippen LogP contribution in [0.3, 0.4) is 0 Å². The van der Waals surface area contributed by atoms with E-state index in [1.165, 1.54) is 12.8 Å². The summed E-state index contributed by atoms with van der Waals surface area (Å²) in [6.45, 7) is 2.80. The SMILES string of the molecule is CC1=CC(=O)N(C2CCCCC2N)C1. The van der Waals surface area contributed by atoms with Crippen molar-refractivity contribution in [3.8, 4) is 0 Å². The first-order chi connectivity index (χ1) is 6.68. The minimum atomic E-state index is 0.157. The Balaban J connectivity index is 2.05. The highest BCUT2D eigenvalue weighted by Gasteiger charge is 2.32. The lowest BCUT2D eigenvalue weighted by Crippen LogP contribution is -2.50. The Bertz CT molecular complexity index is 272. The van der Waals surface area contributed by atoms with Gasteiger partial charge in [0.1, 0.15) is 0 Å². The van der Waals surface area contributed by atoms with E-state index in [0.717, 1.165) is 25.0 Å². The molecule has 3 nitrogen and oxygen atoms in total. The van der Waals surface area contributed by atoms with Crippen LogP contribution >= 0.6 is 0 Å². The molecule has 0 radical (unpaired) electrons. The van der Waals surface area contributed by atoms with Crippen molar-refractivity contribution in [2.75, 3.05) is 6.54 Å². The number of hydrogen-bond acceptors (Lipinski definition) is 2. The zero-order chi connectivity index (χ0) is 10.1. The molecule has 2 rings (SSSR count). The van der Waals surface area contributed by atoms with Crippen LogP contribution in [-0.2, 0) is 4.79 Å². The van der Waals surface area contributed by atoms with Crippen LogP contribution in [0.15, 0.2) is 11.6 Å². The van der Waals surface area contributed by atoms with E-state index in [1.807, 2.05) is 11.8 Å². The van der Waals surface area contributed by atoms with Crippen molar-refractivity contribution in [2.45, 2.75) is 44.7 Å². The molecule has 1 aliphatic heterocycles. The molecule has 2 aliphatic rings. The van der Waals surface area contributed by atoms with Crippen LogP contribution < -0.4 is 5.73 Å². The Kier molecular flexibility index (Phi) is 2.59. The number of rotatable bonds is 1. The molecule has 0 aromatic rings. The third kappa shape index (κ3) is 1.69. The molecule has 0 aromatic carbocycles. The van der Waals surface area contributed by atoms with Gasteiger partial charge in [0.15, 0.2) is 0 Å². The van der Waals surface area contributed by atoms with Gasteiger partial charge in [0.2, 0.25) is 5.91 Å². The highest BCUT2D eigenvalue weighted by atomic mass is 16.2. The number of amides is 1. The van der Waals surface area contributed by atoms with Crippen molar-refractivity contribution >= 4 is 5.91 Å². The molecule has 14 heavy (non-hydrogen) atoms. The molecular weight excluding hydrogens is 176 g/mol. The normalized spacial score (nSPS) is 33.4. The Labute approximate surface area is 84.9 Å². The zero-order valence-electron chi connectivity index (χ0n) is 8.70. The van der Waals surface area contributed by atoms with Crippen molar-refractivity contribution in [3.63, 3.8) is 0 Å². The van der Waals surface area contributed by atoms with Gasteiger partial charge in [0, 0.05) is 24.7 Å². The molecule has 0 saturated heterocycles. The topological polar surface area (TPSA) is 46.3 Å². The second kappa shape index (κ2) is 3.73. The minimum absolute atomic E-state index is 0.157. The molecule has 2 atom stereocenters. The zero-order valence-corrected chi connectivity index (χ0v) is 8.70. The number of nitrogens with two attached hydrogens (primary N) is 1. The predicted octanol–water partition coefficient (Wildman–Crippen LogP) is 1.04. The molecular formula is C11H18N2O. The fourth-order valence-electron chi connectivity index (χ4n) is 2.49. The Morgan fingerprint density at radius 3 is 2.71 bits per heavy atom. The Morgan fingerprint density at radius 2 is 2.14 bits per heavy atom. The van der Waals surface area contributed by atoms with Crippen LogP contribution in [0.5, 0.6) is 0 Å². The van der Waals surface area contributed by atoms with Crippen molar-refractivity contribution in [2.24, 2.45) is 5.73 Å². The van der Waals surface area contributed by atoms with Gasteiger partial charge in [-0.15, -0.1) is 0 Å². The molecule has 1 amide bonds. The monoisotopic (exact) mass is 194 g/mol. The average Bonchev–Trinajstić information content (AvgIpc) is 2.46. The summed E-state index contributed by atoms with van der Waals surface area (Å²) in [7, 11) is 0. The second-order valence-electron chi connectivity index (χ2n) is 4.47. The first-order valence-electron chi connectivity index (χ1n) is 5.42. The van der Waals surface area contributed by atoms with E-state index >= 15 is 0 Å². The van der Waals surface area contributed by atoms with Gasteiger partial charge in [-0.25, -0.2) is 0 Å². The first-order valence-corrected chi connectivity index (χ1v) is 5.42. The van der Waals surface area contributed by atoms with Gasteiger partial charge >= 0.3 is 0 Å². The Morgan fingerprint density at radius 1 is 1.43 bits per heavy atom. The lowest BCUT2D eigenvalue weighted by Gasteiger charge is -2.36. The standard InChI is InChI=1S/C11H18N2O/c1-8-6-11(14)13(7-8)10-5-3-2-4-9(10)12/h6,9-10H,2-5,7,12H2,1H3. The molecule has 0 bridgehead atoms. The molecule has 2 unspecified atom stereocenters. The summed E-state index contributed by atoms with van der Waals surface area (Å²) >= 11 is 0. The molecule has 1 heterocycles. The maximum atomic E-state index is 11.6. The summed E-state index contributed by atoms with van der Waals surface area (Å²) in [6.07, 6.45) is 6.30. The molecule has 1 fully saturated rings. The summed E-state index contributed by atoms with van der Waals surface area (Å²) in [5.41, 5.74) is 7.21. The van der Waals surface area contributed by atoms with Crippen molar-refractivity contribution in [3.05, 3.63) is 11.6 Å². The molecule has 0 spiro atoms. The van der Waals surface area contributed by atoms with E-state index in [4.69, 9.17) is 5.73 Å². The van der Waals surface area contributed by atoms with Gasteiger partial charge in [0.25, 0.3) is 0 Å². The maximum absolute atomic E-state index is 11.6. The third-order valence-corrected chi connectivity index (χ3v) is 3.25. The van der Waals surface area contributed by atoms with Gasteiger partial charge in [0.05, 0.1) is 0 Å². The highest BCUT2D eigenvalue weighted by molar-refractivity contribution is 5.91. The van der Waals surface area contributed by atoms with Crippen LogP contribution in [0.1, 0.15) is 32.6 Å². The molecule has 2 N–H and O–H groups in total. The number of carbonyl (C=O) groups is 1. The maximum Gasteiger partial charge on any atom is 0.247 e. The summed E-state index contributed by atoms with van der Waals surface area (Å²) < 4.78 is 0. The van der Waals surface area contributed by atoms with Gasteiger partial charge < -0.3 is 10.6 Å². The fourth-order valence-corrected chi connectivity index (χ4v) is 2.49. The molecule has 1 saturated carbocycles. The highest BCUT2D eigenvalue weighted by Crippen LogP contribution is 2.25. The van der Waals surface area contributed by atoms with Crippen LogP contribution in [-0.4, -0.2) is 29.4 Å². The van der Waals surface area contributed by atoms with Crippen LogP contribution in [0.2, 0.25) is 0 Å². The van der Waals surface area contributed by atoms with Crippen molar-refractivity contribution < 1.29 is 4.79 Å². The molecule has 78 valence electrons. The quantitative estimate of drug-likeness (QED) is 0.678. The van der Waals surface area contributed by atoms with Gasteiger partial charge in [-0.2, -0.15) is 0 Å². The smallest absolute Gasteiger partial charge is 0.247 e. The molecule has 1 aliphatic carbocycles. The number of nitrogens with zero attached hydrogens (tertiary/aromatic N) is 1. The average molecular weight is 194 g/mol. The van der Waals surface area contributed by atoms with E-state index in [9.17, 15) is 4.79 Å².